The van der Waals surface area contributed by atoms with Gasteiger partial charge in [-0.05, 0) is 31.4 Å². The van der Waals surface area contributed by atoms with Crippen molar-refractivity contribution in [1.82, 2.24) is 25.1 Å². The Kier molecular flexibility index (Phi) is 5.04. The SMILES string of the molecule is [C]1=C(N2CCCN(C3CCC3)CC2)NCC(Sc2ncccn2)=C1. The monoisotopic (exact) mass is 342 g/mol. The normalized spacial score (nSPS) is 22.9. The average molecular weight is 342 g/mol. The third-order valence-corrected chi connectivity index (χ3v) is 5.92. The molecule has 1 N–H and O–H groups in total. The quantitative estimate of drug-likeness (QED) is 0.847. The van der Waals surface area contributed by atoms with Crippen LogP contribution in [0.4, 0.5) is 0 Å². The molecule has 0 bridgehead atoms. The first-order valence-corrected chi connectivity index (χ1v) is 9.70. The number of nitrogens with one attached hydrogen (secondary N) is 1. The van der Waals surface area contributed by atoms with Gasteiger partial charge in [-0.3, -0.25) is 4.90 Å². The Morgan fingerprint density at radius 2 is 1.96 bits per heavy atom. The third kappa shape index (κ3) is 3.75. The van der Waals surface area contributed by atoms with Crippen LogP contribution in [-0.2, 0) is 0 Å². The van der Waals surface area contributed by atoms with Crippen LogP contribution in [0.1, 0.15) is 25.7 Å². The summed E-state index contributed by atoms with van der Waals surface area (Å²) in [5.74, 6) is 1.14. The molecule has 24 heavy (non-hydrogen) atoms. The molecular weight excluding hydrogens is 318 g/mol. The smallest absolute Gasteiger partial charge is 0.192 e. The number of hydrogen-bond acceptors (Lipinski definition) is 6. The molecule has 0 spiro atoms. The van der Waals surface area contributed by atoms with Crippen LogP contribution in [0.3, 0.4) is 0 Å². The fourth-order valence-corrected chi connectivity index (χ4v) is 4.15. The van der Waals surface area contributed by atoms with Gasteiger partial charge in [0.25, 0.3) is 0 Å². The molecule has 1 aliphatic carbocycles. The van der Waals surface area contributed by atoms with E-state index in [-0.39, 0.29) is 0 Å². The van der Waals surface area contributed by atoms with Crippen molar-refractivity contribution in [3.05, 3.63) is 41.3 Å². The largest absolute Gasteiger partial charge is 0.367 e. The summed E-state index contributed by atoms with van der Waals surface area (Å²) in [5, 5.41) is 4.32. The van der Waals surface area contributed by atoms with E-state index in [1.807, 2.05) is 6.07 Å². The molecule has 2 aliphatic heterocycles. The maximum absolute atomic E-state index is 4.27. The van der Waals surface area contributed by atoms with Crippen molar-refractivity contribution in [2.45, 2.75) is 36.9 Å². The Bertz CT molecular complexity index is 611. The molecule has 1 aromatic rings. The standard InChI is InChI=1S/C18H24N5S/c1-4-15(5-1)22-10-3-11-23(13-12-22)17-7-6-16(14-21-17)24-18-19-8-2-9-20-18/h2,6,8-9,15,21H,1,3-5,10-14H2. The van der Waals surface area contributed by atoms with Crippen molar-refractivity contribution >= 4 is 11.8 Å². The van der Waals surface area contributed by atoms with Crippen LogP contribution in [0, 0.1) is 6.08 Å². The zero-order valence-electron chi connectivity index (χ0n) is 13.9. The maximum Gasteiger partial charge on any atom is 0.192 e. The summed E-state index contributed by atoms with van der Waals surface area (Å²) in [7, 11) is 0. The van der Waals surface area contributed by atoms with Gasteiger partial charge in [0.1, 0.15) is 5.82 Å². The topological polar surface area (TPSA) is 44.3 Å². The second kappa shape index (κ2) is 7.57. The Morgan fingerprint density at radius 1 is 1.08 bits per heavy atom. The number of aromatic nitrogens is 2. The van der Waals surface area contributed by atoms with Crippen LogP contribution in [0.2, 0.25) is 0 Å². The molecular formula is C18H24N5S. The first-order valence-electron chi connectivity index (χ1n) is 8.89. The lowest BCUT2D eigenvalue weighted by molar-refractivity contribution is 0.132. The summed E-state index contributed by atoms with van der Waals surface area (Å²) in [6.45, 7) is 5.48. The molecule has 0 amide bonds. The molecule has 1 saturated carbocycles. The van der Waals surface area contributed by atoms with Gasteiger partial charge in [-0.25, -0.2) is 9.97 Å². The number of rotatable bonds is 4. The Balaban J connectivity index is 1.35. The highest BCUT2D eigenvalue weighted by atomic mass is 32.2. The lowest BCUT2D eigenvalue weighted by atomic mass is 9.91. The van der Waals surface area contributed by atoms with Crippen LogP contribution >= 0.6 is 11.8 Å². The minimum Gasteiger partial charge on any atom is -0.367 e. The summed E-state index contributed by atoms with van der Waals surface area (Å²) >= 11 is 1.61. The highest BCUT2D eigenvalue weighted by Crippen LogP contribution is 2.27. The summed E-state index contributed by atoms with van der Waals surface area (Å²) in [6, 6.07) is 2.70. The maximum atomic E-state index is 4.27. The van der Waals surface area contributed by atoms with E-state index in [0.29, 0.717) is 0 Å². The Hall–Kier alpha value is -1.53. The lowest BCUT2D eigenvalue weighted by Crippen LogP contribution is -2.42. The van der Waals surface area contributed by atoms with E-state index in [4.69, 9.17) is 0 Å². The van der Waals surface area contributed by atoms with Gasteiger partial charge in [-0.2, -0.15) is 0 Å². The fraction of sp³-hybridized carbons (Fsp3) is 0.556. The molecule has 0 unspecified atom stereocenters. The zero-order chi connectivity index (χ0) is 16.2. The van der Waals surface area contributed by atoms with E-state index in [2.05, 4.69) is 37.2 Å². The predicted molar refractivity (Wildman–Crippen MR) is 96.1 cm³/mol. The van der Waals surface area contributed by atoms with Crippen molar-refractivity contribution in [2.75, 3.05) is 32.7 Å². The molecule has 0 aromatic carbocycles. The number of nitrogens with zero attached hydrogens (tertiary/aromatic N) is 4. The van der Waals surface area contributed by atoms with Crippen LogP contribution in [-0.4, -0.2) is 58.5 Å². The first kappa shape index (κ1) is 16.0. The third-order valence-electron chi connectivity index (χ3n) is 5.00. The van der Waals surface area contributed by atoms with Crippen LogP contribution < -0.4 is 5.32 Å². The predicted octanol–water partition coefficient (Wildman–Crippen LogP) is 2.26. The summed E-state index contributed by atoms with van der Waals surface area (Å²) in [5.41, 5.74) is 0. The van der Waals surface area contributed by atoms with E-state index in [0.717, 1.165) is 36.7 Å². The van der Waals surface area contributed by atoms with E-state index < -0.39 is 0 Å². The number of allylic oxidation sites excluding steroid dienone is 2. The second-order valence-electron chi connectivity index (χ2n) is 6.55. The average Bonchev–Trinajstić information content (AvgIpc) is 2.81. The molecule has 6 heteroatoms. The number of thioether (sulfide) groups is 1. The zero-order valence-corrected chi connectivity index (χ0v) is 14.8. The molecule has 5 nitrogen and oxygen atoms in total. The van der Waals surface area contributed by atoms with Crippen LogP contribution in [0.5, 0.6) is 0 Å². The highest BCUT2D eigenvalue weighted by Gasteiger charge is 2.27. The van der Waals surface area contributed by atoms with Gasteiger partial charge in [0, 0.05) is 62.1 Å². The second-order valence-corrected chi connectivity index (χ2v) is 7.65. The summed E-state index contributed by atoms with van der Waals surface area (Å²) < 4.78 is 0. The van der Waals surface area contributed by atoms with Gasteiger partial charge in [0.2, 0.25) is 0 Å². The molecule has 1 aromatic heterocycles. The van der Waals surface area contributed by atoms with Gasteiger partial charge in [-0.15, -0.1) is 0 Å². The molecule has 1 saturated heterocycles. The van der Waals surface area contributed by atoms with Crippen molar-refractivity contribution in [2.24, 2.45) is 0 Å². The first-order chi connectivity index (χ1) is 11.9. The molecule has 127 valence electrons. The molecule has 4 rings (SSSR count). The van der Waals surface area contributed by atoms with Gasteiger partial charge < -0.3 is 10.2 Å². The van der Waals surface area contributed by atoms with E-state index in [1.54, 1.807) is 24.2 Å². The van der Waals surface area contributed by atoms with Crippen molar-refractivity contribution in [1.29, 1.82) is 0 Å². The van der Waals surface area contributed by atoms with Gasteiger partial charge in [-0.1, -0.05) is 18.2 Å². The molecule has 0 atom stereocenters. The Morgan fingerprint density at radius 3 is 2.67 bits per heavy atom. The van der Waals surface area contributed by atoms with Crippen molar-refractivity contribution in [3.8, 4) is 0 Å². The van der Waals surface area contributed by atoms with Crippen molar-refractivity contribution in [3.63, 3.8) is 0 Å². The van der Waals surface area contributed by atoms with Crippen LogP contribution in [0.25, 0.3) is 0 Å². The minimum absolute atomic E-state index is 0.793. The summed E-state index contributed by atoms with van der Waals surface area (Å²) in [4.78, 5) is 14.9. The van der Waals surface area contributed by atoms with Crippen molar-refractivity contribution < 1.29 is 0 Å². The number of dihydropyridines is 1. The van der Waals surface area contributed by atoms with E-state index >= 15 is 0 Å². The van der Waals surface area contributed by atoms with Gasteiger partial charge in [0.15, 0.2) is 5.16 Å². The molecule has 2 fully saturated rings. The Labute approximate surface area is 148 Å². The fourth-order valence-electron chi connectivity index (χ4n) is 3.42. The highest BCUT2D eigenvalue weighted by molar-refractivity contribution is 8.03. The molecule has 3 heterocycles. The van der Waals surface area contributed by atoms with Gasteiger partial charge in [0.05, 0.1) is 0 Å². The minimum atomic E-state index is 0.793. The summed E-state index contributed by atoms with van der Waals surface area (Å²) in [6.07, 6.45) is 14.5. The molecule has 3 aliphatic rings. The van der Waals surface area contributed by atoms with Crippen LogP contribution in [0.15, 0.2) is 40.4 Å². The molecule has 1 radical (unpaired) electrons. The number of hydrogen-bond donors (Lipinski definition) is 1. The lowest BCUT2D eigenvalue weighted by Gasteiger charge is -2.37. The van der Waals surface area contributed by atoms with E-state index in [9.17, 15) is 0 Å². The van der Waals surface area contributed by atoms with E-state index in [1.165, 1.54) is 43.7 Å². The van der Waals surface area contributed by atoms with Gasteiger partial charge >= 0.3 is 0 Å².